The van der Waals surface area contributed by atoms with Crippen LogP contribution in [0.25, 0.3) is 10.9 Å². The van der Waals surface area contributed by atoms with Gasteiger partial charge in [0.05, 0.1) is 11.1 Å². The molecule has 0 aliphatic carbocycles. The fourth-order valence-electron chi connectivity index (χ4n) is 1.55. The maximum absolute atomic E-state index is 13.1. The largest absolute Gasteiger partial charge is 0.478 e. The lowest BCUT2D eigenvalue weighted by atomic mass is 10.1. The lowest BCUT2D eigenvalue weighted by molar-refractivity contribution is 0.0697. The van der Waals surface area contributed by atoms with Crippen LogP contribution < -0.4 is 0 Å². The van der Waals surface area contributed by atoms with Gasteiger partial charge in [0.25, 0.3) is 0 Å². The van der Waals surface area contributed by atoms with Crippen molar-refractivity contribution in [1.82, 2.24) is 4.98 Å². The first-order valence-corrected chi connectivity index (χ1v) is 4.86. The minimum atomic E-state index is -1.18. The minimum absolute atomic E-state index is 0.0882. The summed E-state index contributed by atoms with van der Waals surface area (Å²) in [6.07, 6.45) is 0. The number of hydrogen-bond donors (Lipinski definition) is 1. The molecule has 0 aliphatic rings. The van der Waals surface area contributed by atoms with Crippen molar-refractivity contribution in [3.8, 4) is 0 Å². The van der Waals surface area contributed by atoms with E-state index >= 15 is 0 Å². The summed E-state index contributed by atoms with van der Waals surface area (Å²) < 4.78 is 13.1. The fourth-order valence-corrected chi connectivity index (χ4v) is 1.77. The molecule has 1 aromatic heterocycles. The van der Waals surface area contributed by atoms with Crippen molar-refractivity contribution in [3.63, 3.8) is 0 Å². The van der Waals surface area contributed by atoms with Crippen LogP contribution in [0.15, 0.2) is 18.2 Å². The predicted molar refractivity (Wildman–Crippen MR) is 58.4 cm³/mol. The Morgan fingerprint density at radius 1 is 1.44 bits per heavy atom. The molecule has 1 aromatic carbocycles. The van der Waals surface area contributed by atoms with Crippen LogP contribution in [0.4, 0.5) is 4.39 Å². The molecule has 0 amide bonds. The molecule has 0 aliphatic heterocycles. The van der Waals surface area contributed by atoms with Gasteiger partial charge >= 0.3 is 5.97 Å². The Morgan fingerprint density at radius 2 is 2.12 bits per heavy atom. The molecule has 0 saturated carbocycles. The number of carboxylic acids is 1. The Morgan fingerprint density at radius 3 is 2.75 bits per heavy atom. The molecule has 1 N–H and O–H groups in total. The first-order chi connectivity index (χ1) is 7.49. The minimum Gasteiger partial charge on any atom is -0.478 e. The van der Waals surface area contributed by atoms with Gasteiger partial charge in [0.15, 0.2) is 0 Å². The second-order valence-corrected chi connectivity index (χ2v) is 3.78. The SMILES string of the molecule is Cc1cc(F)cc2cc(C(=O)O)c(Cl)nc12. The molecule has 16 heavy (non-hydrogen) atoms. The molecule has 2 rings (SSSR count). The molecule has 0 atom stereocenters. The Bertz CT molecular complexity index is 598. The zero-order valence-corrected chi connectivity index (χ0v) is 9.05. The molecule has 0 radical (unpaired) electrons. The number of fused-ring (bicyclic) bond motifs is 1. The van der Waals surface area contributed by atoms with E-state index in [4.69, 9.17) is 16.7 Å². The van der Waals surface area contributed by atoms with Crippen molar-refractivity contribution in [2.75, 3.05) is 0 Å². The highest BCUT2D eigenvalue weighted by Crippen LogP contribution is 2.24. The topological polar surface area (TPSA) is 50.2 Å². The van der Waals surface area contributed by atoms with E-state index < -0.39 is 11.8 Å². The number of pyridine rings is 1. The second kappa shape index (κ2) is 3.72. The van der Waals surface area contributed by atoms with Crippen molar-refractivity contribution < 1.29 is 14.3 Å². The number of benzene rings is 1. The van der Waals surface area contributed by atoms with Gasteiger partial charge in [0, 0.05) is 5.39 Å². The predicted octanol–water partition coefficient (Wildman–Crippen LogP) is 3.03. The van der Waals surface area contributed by atoms with E-state index in [9.17, 15) is 9.18 Å². The second-order valence-electron chi connectivity index (χ2n) is 3.43. The summed E-state index contributed by atoms with van der Waals surface area (Å²) >= 11 is 5.72. The van der Waals surface area contributed by atoms with E-state index in [1.54, 1.807) is 6.92 Å². The maximum atomic E-state index is 13.1. The Balaban J connectivity index is 2.84. The average Bonchev–Trinajstić information content (AvgIpc) is 2.18. The third-order valence-electron chi connectivity index (χ3n) is 2.26. The highest BCUT2D eigenvalue weighted by molar-refractivity contribution is 6.32. The van der Waals surface area contributed by atoms with Gasteiger partial charge in [-0.15, -0.1) is 0 Å². The quantitative estimate of drug-likeness (QED) is 0.778. The summed E-state index contributed by atoms with van der Waals surface area (Å²) in [4.78, 5) is 14.8. The number of nitrogens with zero attached hydrogens (tertiary/aromatic N) is 1. The third kappa shape index (κ3) is 1.72. The number of carboxylic acid groups (broad SMARTS) is 1. The van der Waals surface area contributed by atoms with E-state index in [1.807, 2.05) is 0 Å². The smallest absolute Gasteiger partial charge is 0.338 e. The Hall–Kier alpha value is -1.68. The van der Waals surface area contributed by atoms with Crippen LogP contribution >= 0.6 is 11.6 Å². The van der Waals surface area contributed by atoms with Crippen LogP contribution in [-0.4, -0.2) is 16.1 Å². The Kier molecular flexibility index (Phi) is 2.52. The van der Waals surface area contributed by atoms with E-state index in [-0.39, 0.29) is 10.7 Å². The monoisotopic (exact) mass is 239 g/mol. The number of aromatic nitrogens is 1. The van der Waals surface area contributed by atoms with Crippen molar-refractivity contribution >= 4 is 28.5 Å². The number of hydrogen-bond acceptors (Lipinski definition) is 2. The van der Waals surface area contributed by atoms with Crippen LogP contribution in [0, 0.1) is 12.7 Å². The highest BCUT2D eigenvalue weighted by atomic mass is 35.5. The van der Waals surface area contributed by atoms with E-state index in [0.717, 1.165) is 0 Å². The highest BCUT2D eigenvalue weighted by Gasteiger charge is 2.13. The van der Waals surface area contributed by atoms with Gasteiger partial charge in [-0.05, 0) is 30.7 Å². The van der Waals surface area contributed by atoms with E-state index in [2.05, 4.69) is 4.98 Å². The van der Waals surface area contributed by atoms with Crippen molar-refractivity contribution in [3.05, 3.63) is 40.3 Å². The van der Waals surface area contributed by atoms with Crippen molar-refractivity contribution in [2.24, 2.45) is 0 Å². The number of carbonyl (C=O) groups is 1. The molecule has 0 unspecified atom stereocenters. The van der Waals surface area contributed by atoms with Crippen LogP contribution in [0.3, 0.4) is 0 Å². The van der Waals surface area contributed by atoms with Gasteiger partial charge in [0.2, 0.25) is 0 Å². The molecular weight excluding hydrogens is 233 g/mol. The molecule has 0 saturated heterocycles. The first kappa shape index (κ1) is 10.8. The number of aryl methyl sites for hydroxylation is 1. The van der Waals surface area contributed by atoms with Gasteiger partial charge in [-0.25, -0.2) is 14.2 Å². The Labute approximate surface area is 95.5 Å². The van der Waals surface area contributed by atoms with Crippen LogP contribution in [0.1, 0.15) is 15.9 Å². The fraction of sp³-hybridized carbons (Fsp3) is 0.0909. The summed E-state index contributed by atoms with van der Waals surface area (Å²) in [7, 11) is 0. The molecule has 2 aromatic rings. The third-order valence-corrected chi connectivity index (χ3v) is 2.55. The molecular formula is C11H7ClFNO2. The van der Waals surface area contributed by atoms with Gasteiger partial charge in [-0.2, -0.15) is 0 Å². The molecule has 0 bridgehead atoms. The number of halogens is 2. The lowest BCUT2D eigenvalue weighted by Crippen LogP contribution is -2.00. The summed E-state index contributed by atoms with van der Waals surface area (Å²) in [6.45, 7) is 1.69. The first-order valence-electron chi connectivity index (χ1n) is 4.48. The molecule has 3 nitrogen and oxygen atoms in total. The molecule has 0 fully saturated rings. The number of aromatic carboxylic acids is 1. The molecule has 1 heterocycles. The zero-order chi connectivity index (χ0) is 11.9. The van der Waals surface area contributed by atoms with Crippen LogP contribution in [0.2, 0.25) is 5.15 Å². The van der Waals surface area contributed by atoms with Crippen LogP contribution in [0.5, 0.6) is 0 Å². The molecule has 5 heteroatoms. The summed E-state index contributed by atoms with van der Waals surface area (Å²) in [5.74, 6) is -1.60. The lowest BCUT2D eigenvalue weighted by Gasteiger charge is -2.05. The number of rotatable bonds is 1. The van der Waals surface area contributed by atoms with Crippen molar-refractivity contribution in [2.45, 2.75) is 6.92 Å². The summed E-state index contributed by atoms with van der Waals surface area (Å²) in [5.41, 5.74) is 1.00. The standard InChI is InChI=1S/C11H7ClFNO2/c1-5-2-7(13)3-6-4-8(11(15)16)10(12)14-9(5)6/h2-4H,1H3,(H,15,16). The maximum Gasteiger partial charge on any atom is 0.338 e. The van der Waals surface area contributed by atoms with Gasteiger partial charge in [-0.1, -0.05) is 11.6 Å². The van der Waals surface area contributed by atoms with Crippen LogP contribution in [-0.2, 0) is 0 Å². The van der Waals surface area contributed by atoms with Gasteiger partial charge < -0.3 is 5.11 Å². The summed E-state index contributed by atoms with van der Waals surface area (Å²) in [6, 6.07) is 3.88. The van der Waals surface area contributed by atoms with E-state index in [0.29, 0.717) is 16.5 Å². The molecule has 0 spiro atoms. The van der Waals surface area contributed by atoms with Gasteiger partial charge in [-0.3, -0.25) is 0 Å². The van der Waals surface area contributed by atoms with Crippen molar-refractivity contribution in [1.29, 1.82) is 0 Å². The van der Waals surface area contributed by atoms with E-state index in [1.165, 1.54) is 18.2 Å². The zero-order valence-electron chi connectivity index (χ0n) is 8.29. The summed E-state index contributed by atoms with van der Waals surface area (Å²) in [5, 5.41) is 9.19. The van der Waals surface area contributed by atoms with Gasteiger partial charge in [0.1, 0.15) is 11.0 Å². The molecule has 82 valence electrons. The normalized spacial score (nSPS) is 10.7. The average molecular weight is 240 g/mol.